The molecule has 0 saturated carbocycles. The molecular formula is C11H14O4S. The molecule has 0 bridgehead atoms. The number of terminal acetylenes is 1. The van der Waals surface area contributed by atoms with Crippen molar-refractivity contribution >= 4 is 10.1 Å². The highest BCUT2D eigenvalue weighted by Gasteiger charge is 2.07. The van der Waals surface area contributed by atoms with Crippen LogP contribution in [0.3, 0.4) is 0 Å². The van der Waals surface area contributed by atoms with Crippen LogP contribution < -0.4 is 0 Å². The molecule has 2 N–H and O–H groups in total. The van der Waals surface area contributed by atoms with E-state index in [1.807, 2.05) is 0 Å². The highest BCUT2D eigenvalue weighted by atomic mass is 32.2. The third kappa shape index (κ3) is 7.62. The van der Waals surface area contributed by atoms with Crippen molar-refractivity contribution < 1.29 is 18.1 Å². The van der Waals surface area contributed by atoms with Crippen LogP contribution in [0.4, 0.5) is 0 Å². The fourth-order valence-corrected chi connectivity index (χ4v) is 1.10. The van der Waals surface area contributed by atoms with Crippen molar-refractivity contribution in [1.82, 2.24) is 0 Å². The maximum Gasteiger partial charge on any atom is 0.294 e. The van der Waals surface area contributed by atoms with E-state index >= 15 is 0 Å². The molecule has 4 nitrogen and oxygen atoms in total. The smallest absolute Gasteiger partial charge is 0.294 e. The minimum atomic E-state index is -4.13. The Labute approximate surface area is 96.0 Å². The second-order valence-electron chi connectivity index (χ2n) is 2.26. The molecule has 0 saturated heterocycles. The van der Waals surface area contributed by atoms with Crippen molar-refractivity contribution in [2.75, 3.05) is 0 Å². The van der Waals surface area contributed by atoms with Crippen LogP contribution in [0.2, 0.25) is 0 Å². The fraction of sp³-hybridized carbons (Fsp3) is 0.0909. The molecule has 0 aromatic heterocycles. The van der Waals surface area contributed by atoms with Gasteiger partial charge in [0, 0.05) is 0 Å². The zero-order chi connectivity index (χ0) is 13.2. The van der Waals surface area contributed by atoms with Gasteiger partial charge < -0.3 is 5.11 Å². The molecule has 0 heterocycles. The molecule has 1 aromatic carbocycles. The summed E-state index contributed by atoms with van der Waals surface area (Å²) in [5.41, 5.74) is 0. The van der Waals surface area contributed by atoms with Crippen LogP contribution in [0.1, 0.15) is 6.92 Å². The molecule has 0 spiro atoms. The summed E-state index contributed by atoms with van der Waals surface area (Å²) >= 11 is 0. The Morgan fingerprint density at radius 1 is 1.25 bits per heavy atom. The molecule has 88 valence electrons. The van der Waals surface area contributed by atoms with Crippen LogP contribution >= 0.6 is 0 Å². The van der Waals surface area contributed by atoms with Gasteiger partial charge in [0.2, 0.25) is 0 Å². The van der Waals surface area contributed by atoms with Gasteiger partial charge in [0.1, 0.15) is 5.75 Å². The Balaban J connectivity index is 0. The highest BCUT2D eigenvalue weighted by molar-refractivity contribution is 7.85. The highest BCUT2D eigenvalue weighted by Crippen LogP contribution is 2.13. The summed E-state index contributed by atoms with van der Waals surface area (Å²) in [4.78, 5) is -0.227. The lowest BCUT2D eigenvalue weighted by molar-refractivity contribution is 0.472. The monoisotopic (exact) mass is 242 g/mol. The van der Waals surface area contributed by atoms with E-state index in [0.717, 1.165) is 12.1 Å². The van der Waals surface area contributed by atoms with Gasteiger partial charge in [-0.05, 0) is 31.2 Å². The molecular weight excluding hydrogens is 228 g/mol. The van der Waals surface area contributed by atoms with Crippen LogP contribution in [0.5, 0.6) is 5.75 Å². The van der Waals surface area contributed by atoms with E-state index in [0.29, 0.717) is 0 Å². The summed E-state index contributed by atoms with van der Waals surface area (Å²) in [5.74, 6) is 2.21. The van der Waals surface area contributed by atoms with Crippen molar-refractivity contribution in [3.63, 3.8) is 0 Å². The molecule has 0 unspecified atom stereocenters. The number of phenolic OH excluding ortho intramolecular Hbond substituents is 1. The average Bonchev–Trinajstić information content (AvgIpc) is 2.21. The summed E-state index contributed by atoms with van der Waals surface area (Å²) in [6.45, 7) is 7.65. The molecule has 0 amide bonds. The Morgan fingerprint density at radius 3 is 1.81 bits per heavy atom. The molecule has 0 atom stereocenters. The summed E-state index contributed by atoms with van der Waals surface area (Å²) < 4.78 is 29.3. The van der Waals surface area contributed by atoms with Crippen LogP contribution in [-0.2, 0) is 10.1 Å². The van der Waals surface area contributed by atoms with E-state index in [9.17, 15) is 8.42 Å². The predicted octanol–water partition coefficient (Wildman–Crippen LogP) is 2.08. The Bertz CT molecular complexity index is 426. The van der Waals surface area contributed by atoms with E-state index in [2.05, 4.69) is 25.5 Å². The van der Waals surface area contributed by atoms with Gasteiger partial charge in [-0.1, -0.05) is 0 Å². The van der Waals surface area contributed by atoms with Gasteiger partial charge in [0.25, 0.3) is 10.1 Å². The number of aromatic hydroxyl groups is 1. The van der Waals surface area contributed by atoms with Crippen LogP contribution in [0, 0.1) is 12.3 Å². The lowest BCUT2D eigenvalue weighted by Gasteiger charge is -1.94. The first-order chi connectivity index (χ1) is 7.41. The number of hydrogen-bond acceptors (Lipinski definition) is 3. The first kappa shape index (κ1) is 16.7. The third-order valence-electron chi connectivity index (χ3n) is 1.13. The molecule has 0 aliphatic carbocycles. The lowest BCUT2D eigenvalue weighted by atomic mass is 10.3. The molecule has 0 radical (unpaired) electrons. The Hall–Kier alpha value is -1.77. The zero-order valence-electron chi connectivity index (χ0n) is 8.92. The van der Waals surface area contributed by atoms with Gasteiger partial charge in [-0.2, -0.15) is 8.42 Å². The topological polar surface area (TPSA) is 74.6 Å². The Kier molecular flexibility index (Phi) is 8.88. The normalized spacial score (nSPS) is 8.56. The van der Waals surface area contributed by atoms with Crippen LogP contribution in [0.15, 0.2) is 42.3 Å². The largest absolute Gasteiger partial charge is 0.508 e. The molecule has 5 heteroatoms. The molecule has 0 fully saturated rings. The lowest BCUT2D eigenvalue weighted by Crippen LogP contribution is -1.96. The van der Waals surface area contributed by atoms with Crippen molar-refractivity contribution in [2.24, 2.45) is 0 Å². The van der Waals surface area contributed by atoms with Crippen molar-refractivity contribution in [1.29, 1.82) is 0 Å². The van der Waals surface area contributed by atoms with Gasteiger partial charge >= 0.3 is 0 Å². The average molecular weight is 242 g/mol. The number of phenols is 1. The zero-order valence-corrected chi connectivity index (χ0v) is 9.74. The molecule has 16 heavy (non-hydrogen) atoms. The SMILES string of the molecule is C#CC.C=C.O=S(=O)(O)c1ccc(O)cc1. The number of benzene rings is 1. The van der Waals surface area contributed by atoms with E-state index in [1.54, 1.807) is 6.92 Å². The summed E-state index contributed by atoms with van der Waals surface area (Å²) in [6.07, 6.45) is 4.60. The predicted molar refractivity (Wildman–Crippen MR) is 63.7 cm³/mol. The molecule has 1 rings (SSSR count). The van der Waals surface area contributed by atoms with Gasteiger partial charge in [0.15, 0.2) is 0 Å². The second-order valence-corrected chi connectivity index (χ2v) is 3.68. The van der Waals surface area contributed by atoms with Crippen LogP contribution in [0.25, 0.3) is 0 Å². The molecule has 0 aliphatic rings. The van der Waals surface area contributed by atoms with Gasteiger partial charge in [-0.3, -0.25) is 4.55 Å². The summed E-state index contributed by atoms with van der Waals surface area (Å²) in [6, 6.07) is 4.60. The third-order valence-corrected chi connectivity index (χ3v) is 2.00. The molecule has 0 aliphatic heterocycles. The van der Waals surface area contributed by atoms with E-state index in [4.69, 9.17) is 9.66 Å². The van der Waals surface area contributed by atoms with Crippen LogP contribution in [-0.4, -0.2) is 18.1 Å². The minimum absolute atomic E-state index is 0.0441. The second kappa shape index (κ2) is 8.53. The van der Waals surface area contributed by atoms with Crippen molar-refractivity contribution in [3.05, 3.63) is 37.4 Å². The molecule has 1 aromatic rings. The maximum atomic E-state index is 10.4. The quantitative estimate of drug-likeness (QED) is 0.449. The first-order valence-electron chi connectivity index (χ1n) is 4.05. The first-order valence-corrected chi connectivity index (χ1v) is 5.49. The van der Waals surface area contributed by atoms with Gasteiger partial charge in [0.05, 0.1) is 4.90 Å². The standard InChI is InChI=1S/C6H6O4S.C3H4.C2H4/c7-5-1-3-6(4-2-5)11(8,9)10;1-3-2;1-2/h1-4,7H,(H,8,9,10);1H,2H3;1-2H2. The maximum absolute atomic E-state index is 10.4. The van der Waals surface area contributed by atoms with Crippen molar-refractivity contribution in [3.8, 4) is 18.1 Å². The van der Waals surface area contributed by atoms with Gasteiger partial charge in [-0.15, -0.1) is 25.5 Å². The van der Waals surface area contributed by atoms with Gasteiger partial charge in [-0.25, -0.2) is 0 Å². The Morgan fingerprint density at radius 2 is 1.56 bits per heavy atom. The van der Waals surface area contributed by atoms with E-state index < -0.39 is 10.1 Å². The summed E-state index contributed by atoms with van der Waals surface area (Å²) in [5, 5.41) is 8.75. The summed E-state index contributed by atoms with van der Waals surface area (Å²) in [7, 11) is -4.13. The van der Waals surface area contributed by atoms with Crippen molar-refractivity contribution in [2.45, 2.75) is 11.8 Å². The number of rotatable bonds is 1. The van der Waals surface area contributed by atoms with E-state index in [-0.39, 0.29) is 10.6 Å². The van der Waals surface area contributed by atoms with E-state index in [1.165, 1.54) is 12.1 Å². The minimum Gasteiger partial charge on any atom is -0.508 e. The number of hydrogen-bond donors (Lipinski definition) is 2. The fourth-order valence-electron chi connectivity index (χ4n) is 0.618.